The van der Waals surface area contributed by atoms with Crippen LogP contribution in [-0.2, 0) is 6.61 Å². The van der Waals surface area contributed by atoms with E-state index in [1.54, 1.807) is 6.20 Å². The summed E-state index contributed by atoms with van der Waals surface area (Å²) in [4.78, 5) is 6.67. The van der Waals surface area contributed by atoms with Crippen LogP contribution < -0.4 is 0 Å². The Morgan fingerprint density at radius 2 is 1.81 bits per heavy atom. The van der Waals surface area contributed by atoms with Crippen LogP contribution in [0.2, 0.25) is 0 Å². The maximum Gasteiger partial charge on any atom is 0.0853 e. The van der Waals surface area contributed by atoms with Crippen LogP contribution in [0.15, 0.2) is 42.6 Å². The molecule has 21 heavy (non-hydrogen) atoms. The summed E-state index contributed by atoms with van der Waals surface area (Å²) >= 11 is 0. The predicted molar refractivity (Wildman–Crippen MR) is 84.8 cm³/mol. The fourth-order valence-electron chi connectivity index (χ4n) is 3.04. The lowest BCUT2D eigenvalue weighted by Gasteiger charge is -2.24. The lowest BCUT2D eigenvalue weighted by Crippen LogP contribution is -2.23. The number of aliphatic hydroxyl groups is 1. The Morgan fingerprint density at radius 1 is 1.10 bits per heavy atom. The molecule has 0 bridgehead atoms. The molecule has 110 valence electrons. The Bertz CT molecular complexity index is 588. The van der Waals surface area contributed by atoms with Crippen molar-refractivity contribution in [2.75, 3.05) is 13.1 Å². The van der Waals surface area contributed by atoms with Crippen LogP contribution >= 0.6 is 0 Å². The van der Waals surface area contributed by atoms with E-state index >= 15 is 0 Å². The highest BCUT2D eigenvalue weighted by atomic mass is 16.3. The van der Waals surface area contributed by atoms with Gasteiger partial charge in [-0.05, 0) is 61.7 Å². The molecule has 1 N–H and O–H groups in total. The van der Waals surface area contributed by atoms with E-state index < -0.39 is 0 Å². The maximum atomic E-state index is 9.18. The number of benzene rings is 1. The summed E-state index contributed by atoms with van der Waals surface area (Å²) in [5.41, 5.74) is 4.36. The molecular formula is C18H22N2O. The lowest BCUT2D eigenvalue weighted by molar-refractivity contribution is 0.263. The third kappa shape index (κ3) is 3.14. The summed E-state index contributed by atoms with van der Waals surface area (Å²) < 4.78 is 0. The zero-order valence-corrected chi connectivity index (χ0v) is 12.5. The zero-order valence-electron chi connectivity index (χ0n) is 12.5. The molecule has 1 fully saturated rings. The average Bonchev–Trinajstić information content (AvgIpc) is 3.09. The van der Waals surface area contributed by atoms with Crippen molar-refractivity contribution >= 4 is 0 Å². The van der Waals surface area contributed by atoms with Gasteiger partial charge >= 0.3 is 0 Å². The van der Waals surface area contributed by atoms with E-state index in [-0.39, 0.29) is 6.61 Å². The fourth-order valence-corrected chi connectivity index (χ4v) is 3.04. The maximum absolute atomic E-state index is 9.18. The Balaban J connectivity index is 1.79. The van der Waals surface area contributed by atoms with Gasteiger partial charge in [-0.3, -0.25) is 9.88 Å². The Kier molecular flexibility index (Phi) is 4.32. The van der Waals surface area contributed by atoms with Gasteiger partial charge in [-0.2, -0.15) is 0 Å². The van der Waals surface area contributed by atoms with Crippen molar-refractivity contribution in [2.45, 2.75) is 32.4 Å². The highest BCUT2D eigenvalue weighted by molar-refractivity contribution is 5.63. The molecule has 1 saturated heterocycles. The number of aromatic nitrogens is 1. The average molecular weight is 282 g/mol. The second kappa shape index (κ2) is 6.37. The molecule has 0 radical (unpaired) electrons. The Morgan fingerprint density at radius 3 is 2.48 bits per heavy atom. The molecule has 1 aromatic carbocycles. The second-order valence-electron chi connectivity index (χ2n) is 5.74. The molecule has 0 unspecified atom stereocenters. The fraction of sp³-hybridized carbons (Fsp3) is 0.389. The number of nitrogens with zero attached hydrogens (tertiary/aromatic N) is 2. The minimum atomic E-state index is -0.0160. The number of pyridine rings is 1. The van der Waals surface area contributed by atoms with Crippen LogP contribution in [0.4, 0.5) is 0 Å². The molecule has 1 aliphatic heterocycles. The SMILES string of the molecule is C[C@H](c1ccc(-c2ccnc(CO)c2)cc1)N1CCCC1. The summed E-state index contributed by atoms with van der Waals surface area (Å²) in [5, 5.41) is 9.18. The minimum absolute atomic E-state index is 0.0160. The molecule has 0 saturated carbocycles. The van der Waals surface area contributed by atoms with E-state index in [0.29, 0.717) is 11.7 Å². The number of hydrogen-bond donors (Lipinski definition) is 1. The second-order valence-corrected chi connectivity index (χ2v) is 5.74. The Hall–Kier alpha value is -1.71. The highest BCUT2D eigenvalue weighted by Crippen LogP contribution is 2.27. The van der Waals surface area contributed by atoms with E-state index in [0.717, 1.165) is 5.56 Å². The molecule has 1 atom stereocenters. The van der Waals surface area contributed by atoms with Gasteiger partial charge in [0.05, 0.1) is 12.3 Å². The predicted octanol–water partition coefficient (Wildman–Crippen LogP) is 3.40. The summed E-state index contributed by atoms with van der Waals surface area (Å²) in [5.74, 6) is 0. The molecule has 0 amide bonds. The highest BCUT2D eigenvalue weighted by Gasteiger charge is 2.19. The van der Waals surface area contributed by atoms with Gasteiger partial charge in [0.25, 0.3) is 0 Å². The van der Waals surface area contributed by atoms with Crippen LogP contribution in [0.25, 0.3) is 11.1 Å². The number of likely N-dealkylation sites (tertiary alicyclic amines) is 1. The monoisotopic (exact) mass is 282 g/mol. The molecule has 3 rings (SSSR count). The molecule has 0 aliphatic carbocycles. The van der Waals surface area contributed by atoms with Crippen molar-refractivity contribution in [3.63, 3.8) is 0 Å². The van der Waals surface area contributed by atoms with E-state index in [2.05, 4.69) is 41.1 Å². The van der Waals surface area contributed by atoms with E-state index in [1.165, 1.54) is 37.1 Å². The van der Waals surface area contributed by atoms with E-state index in [9.17, 15) is 5.11 Å². The van der Waals surface area contributed by atoms with Gasteiger partial charge < -0.3 is 5.11 Å². The summed E-state index contributed by atoms with van der Waals surface area (Å²) in [7, 11) is 0. The van der Waals surface area contributed by atoms with Gasteiger partial charge in [0.1, 0.15) is 0 Å². The van der Waals surface area contributed by atoms with Gasteiger partial charge in [0.15, 0.2) is 0 Å². The topological polar surface area (TPSA) is 36.4 Å². The first kappa shape index (κ1) is 14.2. The van der Waals surface area contributed by atoms with Gasteiger partial charge in [-0.25, -0.2) is 0 Å². The van der Waals surface area contributed by atoms with Crippen molar-refractivity contribution in [1.29, 1.82) is 0 Å². The normalized spacial score (nSPS) is 17.0. The van der Waals surface area contributed by atoms with Crippen LogP contribution in [0.5, 0.6) is 0 Å². The van der Waals surface area contributed by atoms with Crippen LogP contribution in [-0.4, -0.2) is 28.1 Å². The standard InChI is InChI=1S/C18H22N2O/c1-14(20-10-2-3-11-20)15-4-6-16(7-5-15)17-8-9-19-18(12-17)13-21/h4-9,12,14,21H,2-3,10-11,13H2,1H3/t14-/m1/s1. The van der Waals surface area contributed by atoms with Crippen molar-refractivity contribution in [3.8, 4) is 11.1 Å². The smallest absolute Gasteiger partial charge is 0.0853 e. The lowest BCUT2D eigenvalue weighted by atomic mass is 10.0. The Labute approximate surface area is 126 Å². The van der Waals surface area contributed by atoms with Crippen molar-refractivity contribution in [1.82, 2.24) is 9.88 Å². The first-order valence-corrected chi connectivity index (χ1v) is 7.68. The molecule has 3 heteroatoms. The summed E-state index contributed by atoms with van der Waals surface area (Å²) in [6.45, 7) is 4.70. The van der Waals surface area contributed by atoms with Crippen molar-refractivity contribution in [2.24, 2.45) is 0 Å². The zero-order chi connectivity index (χ0) is 14.7. The molecule has 0 spiro atoms. The largest absolute Gasteiger partial charge is 0.390 e. The first-order valence-electron chi connectivity index (χ1n) is 7.68. The number of rotatable bonds is 4. The van der Waals surface area contributed by atoms with Gasteiger partial charge in [0.2, 0.25) is 0 Å². The van der Waals surface area contributed by atoms with Crippen LogP contribution in [0, 0.1) is 0 Å². The third-order valence-electron chi connectivity index (χ3n) is 4.39. The van der Waals surface area contributed by atoms with Crippen molar-refractivity contribution < 1.29 is 5.11 Å². The first-order chi connectivity index (χ1) is 10.3. The number of aliphatic hydroxyl groups excluding tert-OH is 1. The van der Waals surface area contributed by atoms with Gasteiger partial charge in [-0.1, -0.05) is 24.3 Å². The molecular weight excluding hydrogens is 260 g/mol. The summed E-state index contributed by atoms with van der Waals surface area (Å²) in [6, 6.07) is 13.2. The minimum Gasteiger partial charge on any atom is -0.390 e. The van der Waals surface area contributed by atoms with Crippen molar-refractivity contribution in [3.05, 3.63) is 53.9 Å². The van der Waals surface area contributed by atoms with E-state index in [4.69, 9.17) is 0 Å². The van der Waals surface area contributed by atoms with Crippen LogP contribution in [0.1, 0.15) is 37.1 Å². The molecule has 3 nitrogen and oxygen atoms in total. The van der Waals surface area contributed by atoms with Gasteiger partial charge in [0, 0.05) is 12.2 Å². The third-order valence-corrected chi connectivity index (χ3v) is 4.39. The quantitative estimate of drug-likeness (QED) is 0.933. The summed E-state index contributed by atoms with van der Waals surface area (Å²) in [6.07, 6.45) is 4.40. The van der Waals surface area contributed by atoms with E-state index in [1.807, 2.05) is 12.1 Å². The molecule has 2 aromatic rings. The molecule has 2 heterocycles. The van der Waals surface area contributed by atoms with Crippen LogP contribution in [0.3, 0.4) is 0 Å². The number of hydrogen-bond acceptors (Lipinski definition) is 3. The molecule has 1 aliphatic rings. The van der Waals surface area contributed by atoms with Gasteiger partial charge in [-0.15, -0.1) is 0 Å². The molecule has 1 aromatic heterocycles.